The minimum Gasteiger partial charge on any atom is -0.466 e. The molecule has 90 valence electrons. The molecule has 0 bridgehead atoms. The Kier molecular flexibility index (Phi) is 5.66. The topological polar surface area (TPSA) is 50.1 Å². The molecule has 1 rings (SSSR count). The van der Waals surface area contributed by atoms with Crippen LogP contribution >= 0.6 is 31.9 Å². The molecule has 0 saturated heterocycles. The van der Waals surface area contributed by atoms with Gasteiger partial charge < -0.3 is 4.74 Å². The van der Waals surface area contributed by atoms with Crippen LogP contribution in [0.25, 0.3) is 0 Å². The maximum atomic E-state index is 11.4. The molecule has 3 nitrogen and oxygen atoms in total. The Balaban J connectivity index is 3.03. The quantitative estimate of drug-likeness (QED) is 0.611. The Labute approximate surface area is 117 Å². The molecule has 0 aliphatic rings. The van der Waals surface area contributed by atoms with E-state index in [0.717, 1.165) is 15.6 Å². The predicted molar refractivity (Wildman–Crippen MR) is 71.8 cm³/mol. The monoisotopic (exact) mass is 359 g/mol. The van der Waals surface area contributed by atoms with Gasteiger partial charge in [0.25, 0.3) is 0 Å². The highest BCUT2D eigenvalue weighted by Crippen LogP contribution is 2.27. The number of ether oxygens (including phenoxy) is 1. The van der Waals surface area contributed by atoms with Gasteiger partial charge in [-0.05, 0) is 24.1 Å². The van der Waals surface area contributed by atoms with Gasteiger partial charge in [0.2, 0.25) is 0 Å². The fraction of sp³-hybridized carbons (Fsp3) is 0.333. The molecule has 0 radical (unpaired) electrons. The fourth-order valence-corrected chi connectivity index (χ4v) is 2.99. The van der Waals surface area contributed by atoms with Crippen molar-refractivity contribution in [3.8, 4) is 6.07 Å². The summed E-state index contributed by atoms with van der Waals surface area (Å²) < 4.78 is 5.69. The van der Waals surface area contributed by atoms with Crippen molar-refractivity contribution >= 4 is 37.8 Å². The predicted octanol–water partition coefficient (Wildman–Crippen LogP) is 3.32. The second kappa shape index (κ2) is 6.77. The van der Waals surface area contributed by atoms with Crippen LogP contribution in [0.1, 0.15) is 23.6 Å². The molecule has 0 aliphatic heterocycles. The smallest absolute Gasteiger partial charge is 0.310 e. The van der Waals surface area contributed by atoms with Crippen LogP contribution in [0.4, 0.5) is 0 Å². The molecule has 0 unspecified atom stereocenters. The van der Waals surface area contributed by atoms with E-state index in [1.54, 1.807) is 19.1 Å². The van der Waals surface area contributed by atoms with Gasteiger partial charge in [-0.25, -0.2) is 0 Å². The zero-order chi connectivity index (χ0) is 12.8. The normalized spacial score (nSPS) is 9.76. The Morgan fingerprint density at radius 2 is 2.24 bits per heavy atom. The molecule has 0 spiro atoms. The van der Waals surface area contributed by atoms with E-state index in [9.17, 15) is 4.79 Å². The number of benzene rings is 1. The summed E-state index contributed by atoms with van der Waals surface area (Å²) in [5.41, 5.74) is 2.28. The highest BCUT2D eigenvalue weighted by Gasteiger charge is 2.13. The van der Waals surface area contributed by atoms with Crippen LogP contribution in [0, 0.1) is 11.3 Å². The molecule has 1 aromatic carbocycles. The first-order valence-electron chi connectivity index (χ1n) is 5.06. The van der Waals surface area contributed by atoms with Crippen molar-refractivity contribution in [3.63, 3.8) is 0 Å². The van der Waals surface area contributed by atoms with Crippen molar-refractivity contribution in [1.82, 2.24) is 0 Å². The number of carbonyl (C=O) groups is 1. The minimum absolute atomic E-state index is 0.208. The standard InChI is InChI=1S/C12H11Br2NO2/c1-2-17-11(16)5-8-3-4-9(7-15)10(6-13)12(8)14/h3-4H,2,5-6H2,1H3. The summed E-state index contributed by atoms with van der Waals surface area (Å²) in [6.45, 7) is 2.15. The highest BCUT2D eigenvalue weighted by molar-refractivity contribution is 9.10. The Morgan fingerprint density at radius 3 is 2.76 bits per heavy atom. The molecule has 1 aromatic rings. The van der Waals surface area contributed by atoms with Gasteiger partial charge in [0, 0.05) is 9.80 Å². The van der Waals surface area contributed by atoms with Crippen LogP contribution in [0.5, 0.6) is 0 Å². The first-order chi connectivity index (χ1) is 8.13. The molecule has 0 aromatic heterocycles. The molecule has 0 atom stereocenters. The van der Waals surface area contributed by atoms with E-state index in [1.807, 2.05) is 0 Å². The second-order valence-corrected chi connectivity index (χ2v) is 4.65. The number of rotatable bonds is 4. The summed E-state index contributed by atoms with van der Waals surface area (Å²) in [5.74, 6) is -0.265. The van der Waals surface area contributed by atoms with Crippen LogP contribution < -0.4 is 0 Å². The lowest BCUT2D eigenvalue weighted by molar-refractivity contribution is -0.142. The third-order valence-electron chi connectivity index (χ3n) is 2.22. The molecular formula is C12H11Br2NO2. The SMILES string of the molecule is CCOC(=O)Cc1ccc(C#N)c(CBr)c1Br. The molecule has 0 saturated carbocycles. The summed E-state index contributed by atoms with van der Waals surface area (Å²) in [4.78, 5) is 11.4. The first-order valence-corrected chi connectivity index (χ1v) is 6.97. The van der Waals surface area contributed by atoms with E-state index >= 15 is 0 Å². The summed E-state index contributed by atoms with van der Waals surface area (Å²) in [6, 6.07) is 5.60. The fourth-order valence-electron chi connectivity index (χ4n) is 1.41. The first kappa shape index (κ1) is 14.2. The van der Waals surface area contributed by atoms with Gasteiger partial charge in [-0.2, -0.15) is 5.26 Å². The molecule has 0 heterocycles. The molecule has 0 amide bonds. The van der Waals surface area contributed by atoms with Crippen LogP contribution in [0.15, 0.2) is 16.6 Å². The number of nitriles is 1. The highest BCUT2D eigenvalue weighted by atomic mass is 79.9. The van der Waals surface area contributed by atoms with Crippen molar-refractivity contribution in [2.45, 2.75) is 18.7 Å². The van der Waals surface area contributed by atoms with Gasteiger partial charge >= 0.3 is 5.97 Å². The van der Waals surface area contributed by atoms with E-state index in [-0.39, 0.29) is 12.4 Å². The number of alkyl halides is 1. The molecule has 0 N–H and O–H groups in total. The lowest BCUT2D eigenvalue weighted by Crippen LogP contribution is -2.08. The third-order valence-corrected chi connectivity index (χ3v) is 3.77. The van der Waals surface area contributed by atoms with E-state index in [0.29, 0.717) is 17.5 Å². The van der Waals surface area contributed by atoms with Crippen molar-refractivity contribution < 1.29 is 9.53 Å². The largest absolute Gasteiger partial charge is 0.466 e. The van der Waals surface area contributed by atoms with Gasteiger partial charge in [-0.3, -0.25) is 4.79 Å². The van der Waals surface area contributed by atoms with Crippen molar-refractivity contribution in [3.05, 3.63) is 33.3 Å². The number of hydrogen-bond donors (Lipinski definition) is 0. The lowest BCUT2D eigenvalue weighted by Gasteiger charge is -2.09. The average molecular weight is 361 g/mol. The van der Waals surface area contributed by atoms with Crippen LogP contribution in [0.2, 0.25) is 0 Å². The minimum atomic E-state index is -0.265. The lowest BCUT2D eigenvalue weighted by atomic mass is 10.0. The number of halogens is 2. The summed E-state index contributed by atoms with van der Waals surface area (Å²) >= 11 is 6.76. The molecule has 0 aliphatic carbocycles. The third kappa shape index (κ3) is 3.55. The van der Waals surface area contributed by atoms with Gasteiger partial charge in [-0.1, -0.05) is 37.9 Å². The van der Waals surface area contributed by atoms with E-state index < -0.39 is 0 Å². The molecular weight excluding hydrogens is 350 g/mol. The zero-order valence-electron chi connectivity index (χ0n) is 9.30. The van der Waals surface area contributed by atoms with Crippen molar-refractivity contribution in [1.29, 1.82) is 5.26 Å². The second-order valence-electron chi connectivity index (χ2n) is 3.29. The summed E-state index contributed by atoms with van der Waals surface area (Å²) in [6.07, 6.45) is 0.208. The summed E-state index contributed by atoms with van der Waals surface area (Å²) in [5, 5.41) is 9.51. The van der Waals surface area contributed by atoms with E-state index in [1.165, 1.54) is 0 Å². The van der Waals surface area contributed by atoms with Gasteiger partial charge in [0.15, 0.2) is 0 Å². The van der Waals surface area contributed by atoms with Crippen molar-refractivity contribution in [2.75, 3.05) is 6.61 Å². The van der Waals surface area contributed by atoms with Crippen LogP contribution in [-0.4, -0.2) is 12.6 Å². The number of carbonyl (C=O) groups excluding carboxylic acids is 1. The van der Waals surface area contributed by atoms with E-state index in [2.05, 4.69) is 37.9 Å². The van der Waals surface area contributed by atoms with Crippen LogP contribution in [0.3, 0.4) is 0 Å². The Morgan fingerprint density at radius 1 is 1.53 bits per heavy atom. The average Bonchev–Trinajstić information content (AvgIpc) is 2.31. The number of hydrogen-bond acceptors (Lipinski definition) is 3. The van der Waals surface area contributed by atoms with Crippen molar-refractivity contribution in [2.24, 2.45) is 0 Å². The zero-order valence-corrected chi connectivity index (χ0v) is 12.5. The maximum absolute atomic E-state index is 11.4. The molecule has 0 fully saturated rings. The maximum Gasteiger partial charge on any atom is 0.310 e. The Bertz CT molecular complexity index is 466. The van der Waals surface area contributed by atoms with Gasteiger partial charge in [0.1, 0.15) is 0 Å². The Hall–Kier alpha value is -0.860. The summed E-state index contributed by atoms with van der Waals surface area (Å²) in [7, 11) is 0. The van der Waals surface area contributed by atoms with Gasteiger partial charge in [-0.15, -0.1) is 0 Å². The molecule has 17 heavy (non-hydrogen) atoms. The number of esters is 1. The van der Waals surface area contributed by atoms with Gasteiger partial charge in [0.05, 0.1) is 24.7 Å². The van der Waals surface area contributed by atoms with Crippen LogP contribution in [-0.2, 0) is 21.3 Å². The number of nitrogens with zero attached hydrogens (tertiary/aromatic N) is 1. The molecule has 5 heteroatoms. The van der Waals surface area contributed by atoms with E-state index in [4.69, 9.17) is 10.00 Å².